The molecule has 8 heteroatoms. The molecule has 0 radical (unpaired) electrons. The van der Waals surface area contributed by atoms with Gasteiger partial charge in [0.2, 0.25) is 5.91 Å². The minimum Gasteiger partial charge on any atom is -0.317 e. The third-order valence-electron chi connectivity index (χ3n) is 4.03. The maximum absolute atomic E-state index is 13.0. The number of nitrogens with zero attached hydrogens (tertiary/aromatic N) is 1. The summed E-state index contributed by atoms with van der Waals surface area (Å²) in [6.45, 7) is 0.964. The Kier molecular flexibility index (Phi) is 5.95. The fourth-order valence-electron chi connectivity index (χ4n) is 2.66. The lowest BCUT2D eigenvalue weighted by molar-refractivity contribution is -0.121. The molecule has 1 N–H and O–H groups in total. The zero-order chi connectivity index (χ0) is 15.7. The highest BCUT2D eigenvalue weighted by atomic mass is 35.5. The van der Waals surface area contributed by atoms with E-state index in [1.165, 1.54) is 36.2 Å². The van der Waals surface area contributed by atoms with Crippen molar-refractivity contribution < 1.29 is 17.6 Å². The lowest BCUT2D eigenvalue weighted by atomic mass is 9.95. The van der Waals surface area contributed by atoms with Gasteiger partial charge < -0.3 is 10.2 Å². The topological polar surface area (TPSA) is 66.5 Å². The van der Waals surface area contributed by atoms with Crippen LogP contribution < -0.4 is 10.2 Å². The molecule has 0 aromatic heterocycles. The number of anilines is 1. The van der Waals surface area contributed by atoms with Crippen LogP contribution in [0.2, 0.25) is 0 Å². The predicted octanol–water partition coefficient (Wildman–Crippen LogP) is 1.38. The molecule has 1 aromatic rings. The molecule has 0 unspecified atom stereocenters. The summed E-state index contributed by atoms with van der Waals surface area (Å²) in [5, 5.41) is 3.07. The van der Waals surface area contributed by atoms with Gasteiger partial charge in [0.15, 0.2) is 14.6 Å². The number of carbonyl (C=O) groups is 1. The molecule has 1 aromatic carbocycles. The van der Waals surface area contributed by atoms with Crippen LogP contribution in [-0.2, 0) is 14.6 Å². The van der Waals surface area contributed by atoms with Crippen molar-refractivity contribution in [1.29, 1.82) is 0 Å². The second-order valence-corrected chi connectivity index (χ2v) is 7.68. The van der Waals surface area contributed by atoms with Gasteiger partial charge in [0, 0.05) is 19.0 Å². The zero-order valence-electron chi connectivity index (χ0n) is 12.5. The van der Waals surface area contributed by atoms with Gasteiger partial charge in [0.25, 0.3) is 0 Å². The van der Waals surface area contributed by atoms with Crippen molar-refractivity contribution in [3.63, 3.8) is 0 Å². The minimum atomic E-state index is -3.55. The van der Waals surface area contributed by atoms with Crippen LogP contribution in [0.3, 0.4) is 0 Å². The highest BCUT2D eigenvalue weighted by molar-refractivity contribution is 7.92. The van der Waals surface area contributed by atoms with Crippen LogP contribution >= 0.6 is 12.4 Å². The molecule has 0 atom stereocenters. The molecule has 0 aliphatic carbocycles. The van der Waals surface area contributed by atoms with Crippen LogP contribution in [0.1, 0.15) is 12.8 Å². The van der Waals surface area contributed by atoms with Crippen LogP contribution in [0, 0.1) is 5.82 Å². The van der Waals surface area contributed by atoms with E-state index in [1.807, 2.05) is 0 Å². The molecule has 0 spiro atoms. The van der Waals surface area contributed by atoms with Gasteiger partial charge in [-0.25, -0.2) is 12.8 Å². The Morgan fingerprint density at radius 3 is 2.18 bits per heavy atom. The van der Waals surface area contributed by atoms with E-state index in [1.54, 1.807) is 0 Å². The first kappa shape index (κ1) is 18.9. The number of hydrogen-bond acceptors (Lipinski definition) is 4. The number of carbonyl (C=O) groups excluding carboxylic acids is 1. The van der Waals surface area contributed by atoms with E-state index in [4.69, 9.17) is 0 Å². The molecule has 2 rings (SSSR count). The standard InChI is InChI=1S/C14H19FN2O3S.ClH/c1-17(12-5-3-11(15)4-6-12)13(18)14(21(2,19)20)7-9-16-10-8-14;/h3-6,16H,7-10H2,1-2H3;1H. The third kappa shape index (κ3) is 3.42. The summed E-state index contributed by atoms with van der Waals surface area (Å²) in [6.07, 6.45) is 1.60. The second kappa shape index (κ2) is 6.93. The number of piperidine rings is 1. The van der Waals surface area contributed by atoms with Gasteiger partial charge in [-0.3, -0.25) is 4.79 Å². The number of amides is 1. The van der Waals surface area contributed by atoms with Crippen LogP contribution in [0.4, 0.5) is 10.1 Å². The second-order valence-electron chi connectivity index (χ2n) is 5.36. The molecule has 1 fully saturated rings. The molecule has 1 amide bonds. The summed E-state index contributed by atoms with van der Waals surface area (Å²) in [5.74, 6) is -0.864. The number of halogens is 2. The summed E-state index contributed by atoms with van der Waals surface area (Å²) in [6, 6.07) is 5.41. The Balaban J connectivity index is 0.00000242. The van der Waals surface area contributed by atoms with Crippen molar-refractivity contribution in [3.8, 4) is 0 Å². The van der Waals surface area contributed by atoms with Crippen molar-refractivity contribution in [2.75, 3.05) is 31.3 Å². The fourth-order valence-corrected chi connectivity index (χ4v) is 4.06. The molecule has 22 heavy (non-hydrogen) atoms. The first-order valence-corrected chi connectivity index (χ1v) is 8.61. The Morgan fingerprint density at radius 1 is 1.23 bits per heavy atom. The summed E-state index contributed by atoms with van der Waals surface area (Å²) in [7, 11) is -2.03. The van der Waals surface area contributed by atoms with Gasteiger partial charge in [-0.15, -0.1) is 12.4 Å². The van der Waals surface area contributed by atoms with Gasteiger partial charge in [0.05, 0.1) is 0 Å². The SMILES string of the molecule is CN(C(=O)C1(S(C)(=O)=O)CCNCC1)c1ccc(F)cc1.Cl. The largest absolute Gasteiger partial charge is 0.317 e. The quantitative estimate of drug-likeness (QED) is 0.894. The van der Waals surface area contributed by atoms with Crippen molar-refractivity contribution in [2.24, 2.45) is 0 Å². The number of nitrogens with one attached hydrogen (secondary N) is 1. The summed E-state index contributed by atoms with van der Waals surface area (Å²) < 4.78 is 36.0. The van der Waals surface area contributed by atoms with Crippen molar-refractivity contribution in [3.05, 3.63) is 30.1 Å². The van der Waals surface area contributed by atoms with E-state index in [0.717, 1.165) is 6.26 Å². The normalized spacial score (nSPS) is 17.4. The van der Waals surface area contributed by atoms with E-state index in [0.29, 0.717) is 18.8 Å². The van der Waals surface area contributed by atoms with E-state index in [9.17, 15) is 17.6 Å². The zero-order valence-corrected chi connectivity index (χ0v) is 14.1. The lowest BCUT2D eigenvalue weighted by Crippen LogP contribution is -2.57. The first-order chi connectivity index (χ1) is 9.78. The maximum atomic E-state index is 13.0. The average Bonchev–Trinajstić information content (AvgIpc) is 2.46. The van der Waals surface area contributed by atoms with Crippen molar-refractivity contribution in [1.82, 2.24) is 5.32 Å². The maximum Gasteiger partial charge on any atom is 0.248 e. The summed E-state index contributed by atoms with van der Waals surface area (Å²) in [4.78, 5) is 14.1. The van der Waals surface area contributed by atoms with E-state index < -0.39 is 26.3 Å². The molecule has 1 heterocycles. The summed E-state index contributed by atoms with van der Waals surface area (Å²) in [5.41, 5.74) is 0.475. The smallest absolute Gasteiger partial charge is 0.248 e. The Bertz CT molecular complexity index is 628. The molecule has 124 valence electrons. The highest BCUT2D eigenvalue weighted by Crippen LogP contribution is 2.31. The van der Waals surface area contributed by atoms with Gasteiger partial charge in [-0.1, -0.05) is 0 Å². The van der Waals surface area contributed by atoms with Gasteiger partial charge in [-0.2, -0.15) is 0 Å². The van der Waals surface area contributed by atoms with Crippen LogP contribution in [0.15, 0.2) is 24.3 Å². The fraction of sp³-hybridized carbons (Fsp3) is 0.500. The number of rotatable bonds is 3. The van der Waals surface area contributed by atoms with Gasteiger partial charge in [0.1, 0.15) is 5.82 Å². The van der Waals surface area contributed by atoms with Gasteiger partial charge >= 0.3 is 0 Å². The van der Waals surface area contributed by atoms with E-state index in [-0.39, 0.29) is 25.2 Å². The molecule has 5 nitrogen and oxygen atoms in total. The number of benzene rings is 1. The molecule has 0 saturated carbocycles. The third-order valence-corrected chi connectivity index (χ3v) is 6.03. The first-order valence-electron chi connectivity index (χ1n) is 6.72. The molecule has 1 aliphatic heterocycles. The van der Waals surface area contributed by atoms with Crippen LogP contribution in [-0.4, -0.2) is 45.5 Å². The average molecular weight is 351 g/mol. The molecular formula is C14H20ClFN2O3S. The predicted molar refractivity (Wildman–Crippen MR) is 86.7 cm³/mol. The minimum absolute atomic E-state index is 0. The molecule has 1 aliphatic rings. The van der Waals surface area contributed by atoms with Gasteiger partial charge in [-0.05, 0) is 50.2 Å². The molecule has 1 saturated heterocycles. The Morgan fingerprint density at radius 2 is 1.73 bits per heavy atom. The Labute approximate surface area is 136 Å². The summed E-state index contributed by atoms with van der Waals surface area (Å²) >= 11 is 0. The van der Waals surface area contributed by atoms with Crippen LogP contribution in [0.25, 0.3) is 0 Å². The van der Waals surface area contributed by atoms with E-state index >= 15 is 0 Å². The number of hydrogen-bond donors (Lipinski definition) is 1. The van der Waals surface area contributed by atoms with Crippen molar-refractivity contribution in [2.45, 2.75) is 17.6 Å². The van der Waals surface area contributed by atoms with Crippen LogP contribution in [0.5, 0.6) is 0 Å². The van der Waals surface area contributed by atoms with E-state index in [2.05, 4.69) is 5.32 Å². The Hall–Kier alpha value is -1.18. The van der Waals surface area contributed by atoms with Crippen molar-refractivity contribution >= 4 is 33.8 Å². The number of sulfone groups is 1. The molecular weight excluding hydrogens is 331 g/mol. The lowest BCUT2D eigenvalue weighted by Gasteiger charge is -2.37. The molecule has 0 bridgehead atoms. The monoisotopic (exact) mass is 350 g/mol. The highest BCUT2D eigenvalue weighted by Gasteiger charge is 2.50.